The molecule has 1 atom stereocenters. The van der Waals surface area contributed by atoms with Crippen LogP contribution < -0.4 is 10.6 Å². The van der Waals surface area contributed by atoms with Crippen LogP contribution in [0, 0.1) is 0 Å². The summed E-state index contributed by atoms with van der Waals surface area (Å²) in [6.45, 7) is 0. The van der Waals surface area contributed by atoms with Crippen molar-refractivity contribution in [3.05, 3.63) is 64.7 Å². The van der Waals surface area contributed by atoms with Gasteiger partial charge in [0, 0.05) is 23.2 Å². The lowest BCUT2D eigenvalue weighted by atomic mass is 10.0. The van der Waals surface area contributed by atoms with Crippen molar-refractivity contribution in [2.75, 3.05) is 5.32 Å². The van der Waals surface area contributed by atoms with Crippen LogP contribution in [0.1, 0.15) is 39.9 Å². The molecule has 2 fully saturated rings. The molecule has 22 nitrogen and oxygen atoms in total. The van der Waals surface area contributed by atoms with Crippen molar-refractivity contribution in [2.24, 2.45) is 0 Å². The van der Waals surface area contributed by atoms with E-state index < -0.39 is 92.5 Å². The molecule has 0 aromatic heterocycles. The Bertz CT molecular complexity index is 1610. The highest BCUT2D eigenvalue weighted by atomic mass is 16.9. The van der Waals surface area contributed by atoms with Gasteiger partial charge in [-0.15, -0.1) is 4.90 Å². The SMILES string of the molecule is O=C1CCC(N2C(=O)c3cccc(NC(O)(O)c4ccc(C(O)(O)N5C(O)(O)C(O)(O)OC(O)(O)C5(O)O)cc4)c3C2(O)O)C(=O)N1. The van der Waals surface area contributed by atoms with Gasteiger partial charge in [0.15, 0.2) is 0 Å². The molecular weight excluding hydrogens is 644 g/mol. The van der Waals surface area contributed by atoms with Gasteiger partial charge in [0.1, 0.15) is 6.04 Å². The van der Waals surface area contributed by atoms with Gasteiger partial charge >= 0.3 is 23.8 Å². The van der Waals surface area contributed by atoms with Crippen LogP contribution in [0.4, 0.5) is 5.69 Å². The number of carbonyl (C=O) groups is 3. The first-order valence-corrected chi connectivity index (χ1v) is 13.1. The summed E-state index contributed by atoms with van der Waals surface area (Å²) in [5.41, 5.74) is -3.17. The highest BCUT2D eigenvalue weighted by Gasteiger charge is 2.78. The van der Waals surface area contributed by atoms with Crippen LogP contribution in [0.3, 0.4) is 0 Å². The summed E-state index contributed by atoms with van der Waals surface area (Å²) < 4.78 is 3.67. The normalized spacial score (nSPS) is 24.9. The smallest absolute Gasteiger partial charge is 0.349 e. The largest absolute Gasteiger partial charge is 0.356 e. The lowest BCUT2D eigenvalue weighted by Crippen LogP contribution is -2.87. The number of aliphatic hydroxyl groups is 14. The van der Waals surface area contributed by atoms with Crippen LogP contribution in [0.15, 0.2) is 42.5 Å². The van der Waals surface area contributed by atoms with Crippen LogP contribution in [-0.2, 0) is 32.1 Å². The Morgan fingerprint density at radius 3 is 1.85 bits per heavy atom. The average molecular weight is 673 g/mol. The summed E-state index contributed by atoms with van der Waals surface area (Å²) in [7, 11) is 0. The van der Waals surface area contributed by atoms with E-state index in [2.05, 4.69) is 10.1 Å². The number of ether oxygens (including phenoxy) is 1. The fourth-order valence-corrected chi connectivity index (χ4v) is 5.47. The Morgan fingerprint density at radius 2 is 1.32 bits per heavy atom. The first-order valence-electron chi connectivity index (χ1n) is 13.1. The number of amides is 3. The highest BCUT2D eigenvalue weighted by Crippen LogP contribution is 2.47. The number of nitrogens with one attached hydrogen (secondary N) is 2. The van der Waals surface area contributed by atoms with Crippen molar-refractivity contribution in [3.8, 4) is 0 Å². The van der Waals surface area contributed by atoms with E-state index in [1.807, 2.05) is 5.32 Å². The van der Waals surface area contributed by atoms with Gasteiger partial charge in [-0.1, -0.05) is 30.3 Å². The number of benzene rings is 2. The summed E-state index contributed by atoms with van der Waals surface area (Å²) in [6.07, 6.45) is -0.486. The Labute approximate surface area is 260 Å². The second kappa shape index (κ2) is 10.4. The summed E-state index contributed by atoms with van der Waals surface area (Å²) in [4.78, 5) is 36.3. The summed E-state index contributed by atoms with van der Waals surface area (Å²) in [6, 6.07) is 4.39. The second-order valence-corrected chi connectivity index (χ2v) is 10.9. The Morgan fingerprint density at radius 1 is 0.787 bits per heavy atom. The monoisotopic (exact) mass is 672 g/mol. The maximum absolute atomic E-state index is 13.2. The molecule has 16 N–H and O–H groups in total. The topological polar surface area (TPSA) is 374 Å². The van der Waals surface area contributed by atoms with E-state index in [-0.39, 0.29) is 18.4 Å². The zero-order valence-corrected chi connectivity index (χ0v) is 23.3. The number of nitrogens with zero attached hydrogens (tertiary/aromatic N) is 2. The molecule has 3 amide bonds. The fraction of sp³-hybridized carbons (Fsp3) is 0.400. The zero-order chi connectivity index (χ0) is 35.3. The number of hydrogen-bond acceptors (Lipinski definition) is 20. The van der Waals surface area contributed by atoms with Crippen LogP contribution in [0.5, 0.6) is 0 Å². The fourth-order valence-electron chi connectivity index (χ4n) is 5.47. The van der Waals surface area contributed by atoms with Crippen molar-refractivity contribution < 1.29 is 90.6 Å². The Balaban J connectivity index is 1.46. The maximum atomic E-state index is 13.2. The van der Waals surface area contributed by atoms with Gasteiger partial charge in [0.2, 0.25) is 11.8 Å². The van der Waals surface area contributed by atoms with Gasteiger partial charge in [-0.2, -0.15) is 0 Å². The van der Waals surface area contributed by atoms with E-state index >= 15 is 0 Å². The van der Waals surface area contributed by atoms with E-state index in [9.17, 15) is 85.9 Å². The molecule has 47 heavy (non-hydrogen) atoms. The number of imide groups is 1. The molecule has 2 aromatic rings. The summed E-state index contributed by atoms with van der Waals surface area (Å²) in [5.74, 6) is -31.6. The minimum atomic E-state index is -4.62. The van der Waals surface area contributed by atoms with Gasteiger partial charge < -0.3 is 76.8 Å². The third-order valence-corrected chi connectivity index (χ3v) is 7.78. The minimum absolute atomic E-state index is 0.227. The molecule has 3 heterocycles. The van der Waals surface area contributed by atoms with Gasteiger partial charge in [0.05, 0.1) is 11.1 Å². The van der Waals surface area contributed by atoms with Crippen molar-refractivity contribution in [2.45, 2.75) is 60.4 Å². The first kappa shape index (κ1) is 34.5. The third kappa shape index (κ3) is 5.05. The maximum Gasteiger partial charge on any atom is 0.356 e. The van der Waals surface area contributed by atoms with Crippen molar-refractivity contribution in [1.82, 2.24) is 15.1 Å². The van der Waals surface area contributed by atoms with Crippen molar-refractivity contribution >= 4 is 23.4 Å². The third-order valence-electron chi connectivity index (χ3n) is 7.78. The van der Waals surface area contributed by atoms with E-state index in [0.29, 0.717) is 29.2 Å². The lowest BCUT2D eigenvalue weighted by Gasteiger charge is -2.57. The average Bonchev–Trinajstić information content (AvgIpc) is 3.12. The number of fused-ring (bicyclic) bond motifs is 1. The Kier molecular flexibility index (Phi) is 7.61. The van der Waals surface area contributed by atoms with Crippen LogP contribution >= 0.6 is 0 Å². The molecule has 2 aromatic carbocycles. The molecule has 22 heteroatoms. The van der Waals surface area contributed by atoms with Crippen molar-refractivity contribution in [3.63, 3.8) is 0 Å². The number of rotatable bonds is 6. The standard InChI is InChI=1S/C25H28N4O18/c30-15-9-8-14(17(31)26-15)28-18(32)12-2-1-3-13(16(12)21(28,37)38)27-19(33,34)10-4-6-11(7-5-10)20(35,36)29-22(39,40)24(43,44)47-25(45,46)23(29,41)42/h1-7,14,27,33-46H,8-9H2,(H,26,30,31). The molecule has 0 aliphatic carbocycles. The first-order chi connectivity index (χ1) is 21.3. The molecule has 2 saturated heterocycles. The summed E-state index contributed by atoms with van der Waals surface area (Å²) in [5, 5.41) is 149. The number of piperidine rings is 1. The van der Waals surface area contributed by atoms with Gasteiger partial charge in [-0.3, -0.25) is 29.3 Å². The number of morpholine rings is 1. The predicted octanol–water partition coefficient (Wildman–Crippen LogP) is -7.77. The molecular formula is C25H28N4O18. The molecule has 256 valence electrons. The molecule has 3 aliphatic rings. The van der Waals surface area contributed by atoms with Crippen LogP contribution in [0.2, 0.25) is 0 Å². The molecule has 0 saturated carbocycles. The second-order valence-electron chi connectivity index (χ2n) is 10.9. The molecule has 0 bridgehead atoms. The van der Waals surface area contributed by atoms with Crippen LogP contribution in [-0.4, -0.2) is 129 Å². The van der Waals surface area contributed by atoms with E-state index in [1.54, 1.807) is 0 Å². The minimum Gasteiger partial charge on any atom is -0.349 e. The van der Waals surface area contributed by atoms with Crippen LogP contribution in [0.25, 0.3) is 0 Å². The van der Waals surface area contributed by atoms with E-state index in [4.69, 9.17) is 0 Å². The molecule has 1 unspecified atom stereocenters. The van der Waals surface area contributed by atoms with Crippen molar-refractivity contribution in [1.29, 1.82) is 0 Å². The van der Waals surface area contributed by atoms with E-state index in [0.717, 1.165) is 12.1 Å². The quantitative estimate of drug-likeness (QED) is 0.1000. The van der Waals surface area contributed by atoms with Gasteiger partial charge in [-0.25, -0.2) is 0 Å². The molecule has 5 rings (SSSR count). The molecule has 0 radical (unpaired) electrons. The number of carbonyl (C=O) groups excluding carboxylic acids is 3. The summed E-state index contributed by atoms with van der Waals surface area (Å²) >= 11 is 0. The number of hydrogen-bond donors (Lipinski definition) is 16. The molecule has 0 spiro atoms. The van der Waals surface area contributed by atoms with Gasteiger partial charge in [-0.05, 0) is 18.6 Å². The lowest BCUT2D eigenvalue weighted by molar-refractivity contribution is -0.681. The van der Waals surface area contributed by atoms with Gasteiger partial charge in [0.25, 0.3) is 23.6 Å². The Hall–Kier alpha value is -3.79. The predicted molar refractivity (Wildman–Crippen MR) is 139 cm³/mol. The van der Waals surface area contributed by atoms with E-state index in [1.165, 1.54) is 6.07 Å². The highest BCUT2D eigenvalue weighted by molar-refractivity contribution is 6.06. The number of anilines is 1. The molecule has 3 aliphatic heterocycles. The zero-order valence-electron chi connectivity index (χ0n) is 23.3.